The molecule has 0 spiro atoms. The van der Waals surface area contributed by atoms with Gasteiger partial charge >= 0.3 is 0 Å². The van der Waals surface area contributed by atoms with Crippen LogP contribution < -0.4 is 10.9 Å². The molecule has 6 heteroatoms. The van der Waals surface area contributed by atoms with E-state index in [-0.39, 0.29) is 18.0 Å². The van der Waals surface area contributed by atoms with Gasteiger partial charge < -0.3 is 5.32 Å². The molecule has 0 unspecified atom stereocenters. The van der Waals surface area contributed by atoms with E-state index in [2.05, 4.69) is 10.3 Å². The monoisotopic (exact) mass is 409 g/mol. The summed E-state index contributed by atoms with van der Waals surface area (Å²) >= 11 is 6.00. The van der Waals surface area contributed by atoms with E-state index in [4.69, 9.17) is 11.6 Å². The highest BCUT2D eigenvalue weighted by molar-refractivity contribution is 6.30. The highest BCUT2D eigenvalue weighted by atomic mass is 35.5. The van der Waals surface area contributed by atoms with Gasteiger partial charge in [-0.15, -0.1) is 0 Å². The molecule has 150 valence electrons. The van der Waals surface area contributed by atoms with Gasteiger partial charge in [0, 0.05) is 28.0 Å². The molecule has 3 rings (SSSR count). The van der Waals surface area contributed by atoms with Gasteiger partial charge in [-0.25, -0.2) is 4.98 Å². The molecule has 29 heavy (non-hydrogen) atoms. The number of benzene rings is 2. The predicted molar refractivity (Wildman–Crippen MR) is 117 cm³/mol. The summed E-state index contributed by atoms with van der Waals surface area (Å²) in [4.78, 5) is 30.2. The summed E-state index contributed by atoms with van der Waals surface area (Å²) in [5.41, 5.74) is 3.93. The maximum absolute atomic E-state index is 12.8. The molecule has 0 bridgehead atoms. The van der Waals surface area contributed by atoms with Crippen molar-refractivity contribution in [3.63, 3.8) is 0 Å². The summed E-state index contributed by atoms with van der Waals surface area (Å²) in [6.45, 7) is 5.79. The first-order valence-electron chi connectivity index (χ1n) is 9.61. The first-order valence-corrected chi connectivity index (χ1v) is 9.99. The third-order valence-electron chi connectivity index (χ3n) is 4.72. The van der Waals surface area contributed by atoms with Crippen LogP contribution in [0.1, 0.15) is 30.2 Å². The maximum atomic E-state index is 12.8. The molecule has 0 aliphatic rings. The number of nitrogens with one attached hydrogen (secondary N) is 1. The molecule has 1 aromatic heterocycles. The summed E-state index contributed by atoms with van der Waals surface area (Å²) in [6, 6.07) is 14.4. The van der Waals surface area contributed by atoms with Crippen LogP contribution in [0.5, 0.6) is 0 Å². The van der Waals surface area contributed by atoms with Crippen molar-refractivity contribution in [3.05, 3.63) is 80.7 Å². The Hall–Kier alpha value is -2.92. The zero-order chi connectivity index (χ0) is 21.0. The Bertz CT molecular complexity index is 1070. The average Bonchev–Trinajstić information content (AvgIpc) is 2.68. The Balaban J connectivity index is 1.98. The lowest BCUT2D eigenvalue weighted by molar-refractivity contribution is -0.116. The molecule has 1 N–H and O–H groups in total. The molecule has 3 aromatic rings. The predicted octanol–water partition coefficient (Wildman–Crippen LogP) is 4.77. The van der Waals surface area contributed by atoms with Crippen molar-refractivity contribution in [3.8, 4) is 11.4 Å². The summed E-state index contributed by atoms with van der Waals surface area (Å²) in [5.74, 6) is 0.194. The van der Waals surface area contributed by atoms with Crippen molar-refractivity contribution in [2.24, 2.45) is 0 Å². The van der Waals surface area contributed by atoms with Gasteiger partial charge in [-0.3, -0.25) is 14.2 Å². The van der Waals surface area contributed by atoms with Crippen molar-refractivity contribution in [1.29, 1.82) is 0 Å². The number of anilines is 1. The minimum absolute atomic E-state index is 0.121. The summed E-state index contributed by atoms with van der Waals surface area (Å²) in [6.07, 6.45) is 1.58. The summed E-state index contributed by atoms with van der Waals surface area (Å²) < 4.78 is 1.41. The molecule has 0 radical (unpaired) electrons. The fourth-order valence-corrected chi connectivity index (χ4v) is 3.37. The second-order valence-corrected chi connectivity index (χ2v) is 7.50. The molecule has 5 nitrogen and oxygen atoms in total. The van der Waals surface area contributed by atoms with Crippen LogP contribution >= 0.6 is 11.6 Å². The Kier molecular flexibility index (Phi) is 6.49. The van der Waals surface area contributed by atoms with Gasteiger partial charge in [0.2, 0.25) is 5.91 Å². The van der Waals surface area contributed by atoms with Gasteiger partial charge in [-0.05, 0) is 55.7 Å². The van der Waals surface area contributed by atoms with Gasteiger partial charge in [-0.2, -0.15) is 0 Å². The number of carbonyl (C=O) groups is 1. The summed E-state index contributed by atoms with van der Waals surface area (Å²) in [7, 11) is 0. The molecule has 0 saturated heterocycles. The largest absolute Gasteiger partial charge is 0.324 e. The molecule has 1 heterocycles. The molecule has 0 fully saturated rings. The lowest BCUT2D eigenvalue weighted by Crippen LogP contribution is -2.30. The zero-order valence-electron chi connectivity index (χ0n) is 16.8. The first-order chi connectivity index (χ1) is 13.9. The number of hydrogen-bond acceptors (Lipinski definition) is 3. The van der Waals surface area contributed by atoms with E-state index in [0.717, 1.165) is 28.8 Å². The number of aromatic nitrogens is 2. The number of nitrogens with zero attached hydrogens (tertiary/aromatic N) is 2. The molecule has 1 amide bonds. The molecule has 2 aromatic carbocycles. The molecule has 0 saturated carbocycles. The first kappa shape index (κ1) is 20.8. The molecular formula is C23H24ClN3O2. The Morgan fingerprint density at radius 3 is 2.38 bits per heavy atom. The normalized spacial score (nSPS) is 10.8. The van der Waals surface area contributed by atoms with Crippen molar-refractivity contribution in [2.45, 2.75) is 40.2 Å². The van der Waals surface area contributed by atoms with Crippen LogP contribution in [0.2, 0.25) is 5.02 Å². The second-order valence-electron chi connectivity index (χ2n) is 7.07. The lowest BCUT2D eigenvalue weighted by Gasteiger charge is -2.15. The Morgan fingerprint density at radius 2 is 1.76 bits per heavy atom. The number of hydrogen-bond donors (Lipinski definition) is 1. The van der Waals surface area contributed by atoms with E-state index in [9.17, 15) is 9.59 Å². The van der Waals surface area contributed by atoms with E-state index < -0.39 is 0 Å². The Labute approximate surface area is 175 Å². The SMILES string of the molecule is CCCc1cc(=O)n(CC(=O)Nc2c(C)cccc2C)c(-c2ccc(Cl)cc2)n1. The van der Waals surface area contributed by atoms with E-state index in [0.29, 0.717) is 23.0 Å². The van der Waals surface area contributed by atoms with Crippen molar-refractivity contribution in [2.75, 3.05) is 5.32 Å². The molecule has 0 aliphatic heterocycles. The lowest BCUT2D eigenvalue weighted by atomic mass is 10.1. The third kappa shape index (κ3) is 4.93. The fourth-order valence-electron chi connectivity index (χ4n) is 3.24. The van der Waals surface area contributed by atoms with Crippen LogP contribution in [-0.2, 0) is 17.8 Å². The summed E-state index contributed by atoms with van der Waals surface area (Å²) in [5, 5.41) is 3.53. The smallest absolute Gasteiger partial charge is 0.254 e. The highest BCUT2D eigenvalue weighted by Gasteiger charge is 2.15. The van der Waals surface area contributed by atoms with E-state index in [1.54, 1.807) is 24.3 Å². The third-order valence-corrected chi connectivity index (χ3v) is 4.97. The highest BCUT2D eigenvalue weighted by Crippen LogP contribution is 2.21. The van der Waals surface area contributed by atoms with Crippen molar-refractivity contribution >= 4 is 23.2 Å². The number of rotatable bonds is 6. The molecule has 0 atom stereocenters. The number of carbonyl (C=O) groups excluding carboxylic acids is 1. The quantitative estimate of drug-likeness (QED) is 0.637. The van der Waals surface area contributed by atoms with Crippen LogP contribution in [-0.4, -0.2) is 15.5 Å². The van der Waals surface area contributed by atoms with Gasteiger partial charge in [0.15, 0.2) is 0 Å². The van der Waals surface area contributed by atoms with Crippen LogP contribution in [0.3, 0.4) is 0 Å². The van der Waals surface area contributed by atoms with Gasteiger partial charge in [0.25, 0.3) is 5.56 Å². The van der Waals surface area contributed by atoms with Crippen LogP contribution in [0.25, 0.3) is 11.4 Å². The van der Waals surface area contributed by atoms with Gasteiger partial charge in [-0.1, -0.05) is 43.1 Å². The number of para-hydroxylation sites is 1. The molecule has 0 aliphatic carbocycles. The van der Waals surface area contributed by atoms with Crippen LogP contribution in [0.15, 0.2) is 53.3 Å². The van der Waals surface area contributed by atoms with Gasteiger partial charge in [0.05, 0.1) is 0 Å². The topological polar surface area (TPSA) is 64.0 Å². The molecular weight excluding hydrogens is 386 g/mol. The fraction of sp³-hybridized carbons (Fsp3) is 0.261. The van der Waals surface area contributed by atoms with Gasteiger partial charge in [0.1, 0.15) is 12.4 Å². The van der Waals surface area contributed by atoms with E-state index in [1.165, 1.54) is 10.6 Å². The van der Waals surface area contributed by atoms with Crippen LogP contribution in [0, 0.1) is 13.8 Å². The minimum atomic E-state index is -0.273. The number of aryl methyl sites for hydroxylation is 3. The standard InChI is InChI=1S/C23H24ClN3O2/c1-4-6-19-13-21(29)27(23(25-19)17-9-11-18(24)12-10-17)14-20(28)26-22-15(2)7-5-8-16(22)3/h5,7-13H,4,6,14H2,1-3H3,(H,26,28). The zero-order valence-corrected chi connectivity index (χ0v) is 17.6. The van der Waals surface area contributed by atoms with Crippen molar-refractivity contribution < 1.29 is 4.79 Å². The van der Waals surface area contributed by atoms with Crippen molar-refractivity contribution in [1.82, 2.24) is 9.55 Å². The average molecular weight is 410 g/mol. The van der Waals surface area contributed by atoms with E-state index in [1.807, 2.05) is 39.0 Å². The number of halogens is 1. The number of amides is 1. The minimum Gasteiger partial charge on any atom is -0.324 e. The van der Waals surface area contributed by atoms with E-state index >= 15 is 0 Å². The Morgan fingerprint density at radius 1 is 1.10 bits per heavy atom. The maximum Gasteiger partial charge on any atom is 0.254 e. The van der Waals surface area contributed by atoms with Crippen LogP contribution in [0.4, 0.5) is 5.69 Å². The second kappa shape index (κ2) is 9.05.